The van der Waals surface area contributed by atoms with Crippen LogP contribution in [0.25, 0.3) is 11.2 Å². The van der Waals surface area contributed by atoms with Crippen LogP contribution >= 0.6 is 0 Å². The van der Waals surface area contributed by atoms with Crippen molar-refractivity contribution in [3.8, 4) is 0 Å². The van der Waals surface area contributed by atoms with E-state index < -0.39 is 0 Å². The Bertz CT molecular complexity index is 489. The molecular formula is C8H13N7. The number of hydrogen-bond acceptors (Lipinski definition) is 6. The molecule has 1 unspecified atom stereocenters. The van der Waals surface area contributed by atoms with E-state index in [0.29, 0.717) is 11.2 Å². The van der Waals surface area contributed by atoms with Crippen molar-refractivity contribution in [1.82, 2.24) is 25.0 Å². The van der Waals surface area contributed by atoms with Crippen molar-refractivity contribution in [2.45, 2.75) is 26.3 Å². The maximum atomic E-state index is 5.67. The lowest BCUT2D eigenvalue weighted by atomic mass is 10.3. The van der Waals surface area contributed by atoms with Crippen molar-refractivity contribution in [3.05, 3.63) is 0 Å². The first-order valence-electron chi connectivity index (χ1n) is 4.77. The Morgan fingerprint density at radius 2 is 2.07 bits per heavy atom. The minimum Gasteiger partial charge on any atom is -0.382 e. The van der Waals surface area contributed by atoms with Gasteiger partial charge in [0.1, 0.15) is 0 Å². The van der Waals surface area contributed by atoms with Gasteiger partial charge in [0.2, 0.25) is 5.95 Å². The Balaban J connectivity index is 2.68. The predicted molar refractivity (Wildman–Crippen MR) is 56.9 cm³/mol. The van der Waals surface area contributed by atoms with Gasteiger partial charge in [0.15, 0.2) is 17.0 Å². The van der Waals surface area contributed by atoms with Gasteiger partial charge in [0.25, 0.3) is 0 Å². The van der Waals surface area contributed by atoms with Gasteiger partial charge in [0, 0.05) is 0 Å². The van der Waals surface area contributed by atoms with E-state index in [0.717, 1.165) is 6.42 Å². The molecule has 7 heteroatoms. The van der Waals surface area contributed by atoms with Crippen LogP contribution in [0.1, 0.15) is 26.3 Å². The lowest BCUT2D eigenvalue weighted by molar-refractivity contribution is 0.475. The van der Waals surface area contributed by atoms with Crippen molar-refractivity contribution in [2.24, 2.45) is 0 Å². The first-order chi connectivity index (χ1) is 7.13. The van der Waals surface area contributed by atoms with Crippen LogP contribution in [0.5, 0.6) is 0 Å². The molecule has 0 spiro atoms. The summed E-state index contributed by atoms with van der Waals surface area (Å²) in [5, 5.41) is 7.93. The highest BCUT2D eigenvalue weighted by atomic mass is 15.5. The second-order valence-corrected chi connectivity index (χ2v) is 3.43. The Morgan fingerprint density at radius 1 is 1.33 bits per heavy atom. The normalized spacial score (nSPS) is 13.2. The third kappa shape index (κ3) is 1.45. The van der Waals surface area contributed by atoms with Crippen LogP contribution in [-0.4, -0.2) is 25.0 Å². The molecule has 2 aromatic rings. The first kappa shape index (κ1) is 9.63. The molecule has 0 bridgehead atoms. The molecule has 7 nitrogen and oxygen atoms in total. The van der Waals surface area contributed by atoms with E-state index in [-0.39, 0.29) is 17.8 Å². The van der Waals surface area contributed by atoms with E-state index in [9.17, 15) is 0 Å². The third-order valence-electron chi connectivity index (χ3n) is 2.38. The summed E-state index contributed by atoms with van der Waals surface area (Å²) in [6, 6.07) is 0.212. The highest BCUT2D eigenvalue weighted by molar-refractivity contribution is 5.81. The molecule has 0 saturated heterocycles. The van der Waals surface area contributed by atoms with Gasteiger partial charge in [-0.1, -0.05) is 12.1 Å². The summed E-state index contributed by atoms with van der Waals surface area (Å²) in [7, 11) is 0. The number of aromatic nitrogens is 5. The van der Waals surface area contributed by atoms with E-state index in [4.69, 9.17) is 11.5 Å². The second kappa shape index (κ2) is 3.34. The van der Waals surface area contributed by atoms with Crippen molar-refractivity contribution in [2.75, 3.05) is 11.5 Å². The molecule has 0 saturated carbocycles. The molecule has 0 radical (unpaired) electrons. The van der Waals surface area contributed by atoms with Gasteiger partial charge in [-0.2, -0.15) is 9.97 Å². The third-order valence-corrected chi connectivity index (χ3v) is 2.38. The van der Waals surface area contributed by atoms with Crippen LogP contribution in [-0.2, 0) is 0 Å². The van der Waals surface area contributed by atoms with E-state index in [1.165, 1.54) is 0 Å². The molecule has 0 aliphatic heterocycles. The van der Waals surface area contributed by atoms with Gasteiger partial charge in [-0.25, -0.2) is 4.68 Å². The Kier molecular flexibility index (Phi) is 2.14. The van der Waals surface area contributed by atoms with E-state index in [1.807, 2.05) is 6.92 Å². The summed E-state index contributed by atoms with van der Waals surface area (Å²) >= 11 is 0. The zero-order valence-electron chi connectivity index (χ0n) is 8.68. The fraction of sp³-hybridized carbons (Fsp3) is 0.500. The average molecular weight is 207 g/mol. The minimum absolute atomic E-state index is 0.145. The number of nitrogens with two attached hydrogens (primary N) is 2. The molecule has 0 amide bonds. The molecule has 2 aromatic heterocycles. The van der Waals surface area contributed by atoms with Gasteiger partial charge in [-0.15, -0.1) is 5.10 Å². The first-order valence-corrected chi connectivity index (χ1v) is 4.77. The van der Waals surface area contributed by atoms with Gasteiger partial charge < -0.3 is 11.5 Å². The van der Waals surface area contributed by atoms with E-state index >= 15 is 0 Å². The van der Waals surface area contributed by atoms with Crippen LogP contribution < -0.4 is 11.5 Å². The molecule has 80 valence electrons. The Morgan fingerprint density at radius 3 is 2.73 bits per heavy atom. The summed E-state index contributed by atoms with van der Waals surface area (Å²) in [6.07, 6.45) is 0.933. The molecule has 0 aliphatic carbocycles. The van der Waals surface area contributed by atoms with Gasteiger partial charge in [-0.3, -0.25) is 0 Å². The maximum absolute atomic E-state index is 5.67. The quantitative estimate of drug-likeness (QED) is 0.735. The highest BCUT2D eigenvalue weighted by Gasteiger charge is 2.14. The summed E-state index contributed by atoms with van der Waals surface area (Å²) in [5.74, 6) is 0.416. The largest absolute Gasteiger partial charge is 0.382 e. The smallest absolute Gasteiger partial charge is 0.224 e. The molecular weight excluding hydrogens is 194 g/mol. The lowest BCUT2D eigenvalue weighted by Gasteiger charge is -2.08. The van der Waals surface area contributed by atoms with Crippen LogP contribution in [0.2, 0.25) is 0 Å². The summed E-state index contributed by atoms with van der Waals surface area (Å²) in [6.45, 7) is 4.09. The summed E-state index contributed by atoms with van der Waals surface area (Å²) in [5.41, 5.74) is 12.3. The molecule has 1 atom stereocenters. The SMILES string of the molecule is CCC(C)n1nnc2c(N)nc(N)nc21. The molecule has 0 fully saturated rings. The molecule has 15 heavy (non-hydrogen) atoms. The van der Waals surface area contributed by atoms with E-state index in [2.05, 4.69) is 27.2 Å². The van der Waals surface area contributed by atoms with Crippen LogP contribution in [0.3, 0.4) is 0 Å². The standard InChI is InChI=1S/C8H13N7/c1-3-4(2)15-7-5(13-14-15)6(9)11-8(10)12-7/h4H,3H2,1-2H3,(H4,9,10,11,12). The van der Waals surface area contributed by atoms with Gasteiger partial charge in [-0.05, 0) is 13.3 Å². The highest BCUT2D eigenvalue weighted by Crippen LogP contribution is 2.19. The fourth-order valence-corrected chi connectivity index (χ4v) is 1.34. The van der Waals surface area contributed by atoms with Crippen LogP contribution in [0.15, 0.2) is 0 Å². The number of fused-ring (bicyclic) bond motifs is 1. The number of rotatable bonds is 2. The monoisotopic (exact) mass is 207 g/mol. The molecule has 4 N–H and O–H groups in total. The van der Waals surface area contributed by atoms with Crippen molar-refractivity contribution in [1.29, 1.82) is 0 Å². The number of anilines is 2. The van der Waals surface area contributed by atoms with Crippen molar-refractivity contribution >= 4 is 22.9 Å². The van der Waals surface area contributed by atoms with Crippen molar-refractivity contribution in [3.63, 3.8) is 0 Å². The van der Waals surface area contributed by atoms with Crippen LogP contribution in [0.4, 0.5) is 11.8 Å². The minimum atomic E-state index is 0.145. The lowest BCUT2D eigenvalue weighted by Crippen LogP contribution is -2.08. The van der Waals surface area contributed by atoms with Gasteiger partial charge >= 0.3 is 0 Å². The molecule has 0 aromatic carbocycles. The maximum Gasteiger partial charge on any atom is 0.224 e. The number of hydrogen-bond donors (Lipinski definition) is 2. The topological polar surface area (TPSA) is 109 Å². The molecule has 2 rings (SSSR count). The summed E-state index contributed by atoms with van der Waals surface area (Å²) in [4.78, 5) is 7.92. The number of nitrogen functional groups attached to an aromatic ring is 2. The zero-order chi connectivity index (χ0) is 11.0. The van der Waals surface area contributed by atoms with Crippen LogP contribution in [0, 0.1) is 0 Å². The van der Waals surface area contributed by atoms with E-state index in [1.54, 1.807) is 4.68 Å². The van der Waals surface area contributed by atoms with Crippen molar-refractivity contribution < 1.29 is 0 Å². The molecule has 2 heterocycles. The predicted octanol–water partition coefficient (Wildman–Crippen LogP) is 0.357. The molecule has 0 aliphatic rings. The average Bonchev–Trinajstić information content (AvgIpc) is 2.60. The fourth-order valence-electron chi connectivity index (χ4n) is 1.34. The Hall–Kier alpha value is -1.92. The number of nitrogens with zero attached hydrogens (tertiary/aromatic N) is 5. The second-order valence-electron chi connectivity index (χ2n) is 3.43. The van der Waals surface area contributed by atoms with Gasteiger partial charge in [0.05, 0.1) is 6.04 Å². The summed E-state index contributed by atoms with van der Waals surface area (Å²) < 4.78 is 1.71. The zero-order valence-corrected chi connectivity index (χ0v) is 8.68. The Labute approximate surface area is 86.5 Å².